The minimum Gasteiger partial charge on any atom is -0.366 e. The van der Waals surface area contributed by atoms with E-state index in [1.807, 2.05) is 0 Å². The molecule has 0 fully saturated rings. The van der Waals surface area contributed by atoms with Crippen LogP contribution in [0.2, 0.25) is 0 Å². The SMILES string of the molecule is CCn1c(=O)n(CC)c(=O)n(CPNC(=O)[B]N)c1=O. The van der Waals surface area contributed by atoms with Crippen LogP contribution in [0.4, 0.5) is 4.79 Å². The van der Waals surface area contributed by atoms with E-state index in [4.69, 9.17) is 5.64 Å². The van der Waals surface area contributed by atoms with Crippen LogP contribution in [0.25, 0.3) is 0 Å². The van der Waals surface area contributed by atoms with Gasteiger partial charge in [0, 0.05) is 13.1 Å². The van der Waals surface area contributed by atoms with Gasteiger partial charge in [0.2, 0.25) is 0 Å². The zero-order chi connectivity index (χ0) is 15.3. The summed E-state index contributed by atoms with van der Waals surface area (Å²) in [5.74, 6) is -0.490. The van der Waals surface area contributed by atoms with Crippen molar-refractivity contribution in [1.82, 2.24) is 18.8 Å². The maximum atomic E-state index is 12.0. The number of amides is 1. The number of hydrogen-bond acceptors (Lipinski definition) is 5. The molecule has 0 saturated heterocycles. The summed E-state index contributed by atoms with van der Waals surface area (Å²) in [5, 5.41) is 2.44. The number of nitrogens with one attached hydrogen (secondary N) is 1. The summed E-state index contributed by atoms with van der Waals surface area (Å²) < 4.78 is 2.89. The summed E-state index contributed by atoms with van der Waals surface area (Å²) in [6.07, 6.45) is -0.00245. The highest BCUT2D eigenvalue weighted by atomic mass is 31.1. The van der Waals surface area contributed by atoms with Gasteiger partial charge in [-0.25, -0.2) is 28.1 Å². The summed E-state index contributed by atoms with van der Waals surface area (Å²) in [6, 6.07) is 0. The molecule has 1 unspecified atom stereocenters. The third-order valence-corrected chi connectivity index (χ3v) is 3.52. The summed E-state index contributed by atoms with van der Waals surface area (Å²) >= 11 is 0. The third-order valence-electron chi connectivity index (χ3n) is 2.62. The molecule has 1 aromatic heterocycles. The van der Waals surface area contributed by atoms with Crippen molar-refractivity contribution in [2.24, 2.45) is 5.64 Å². The van der Waals surface area contributed by atoms with Gasteiger partial charge in [-0.3, -0.25) is 4.79 Å². The molecule has 0 aliphatic rings. The molecule has 0 bridgehead atoms. The number of carbonyl (C=O) groups excluding carboxylic acids is 1. The summed E-state index contributed by atoms with van der Waals surface area (Å²) in [6.45, 7) is 3.63. The molecule has 3 N–H and O–H groups in total. The molecule has 0 saturated carbocycles. The highest BCUT2D eigenvalue weighted by Crippen LogP contribution is 2.03. The molecule has 0 aromatic carbocycles. The van der Waals surface area contributed by atoms with E-state index in [1.165, 1.54) is 0 Å². The predicted molar refractivity (Wildman–Crippen MR) is 77.4 cm³/mol. The standard InChI is InChI=1S/C9H16BN5O4P/c1-3-13-7(17)14(4-2)9(19)15(8(13)18)5-20-12-6(16)10-11/h20H,3-5,11H2,1-2H3,(H,12,16). The van der Waals surface area contributed by atoms with Crippen molar-refractivity contribution < 1.29 is 4.79 Å². The van der Waals surface area contributed by atoms with Crippen LogP contribution in [0.5, 0.6) is 0 Å². The first-order valence-corrected chi connectivity index (χ1v) is 7.20. The average Bonchev–Trinajstić information content (AvgIpc) is 2.43. The van der Waals surface area contributed by atoms with E-state index in [2.05, 4.69) is 5.09 Å². The van der Waals surface area contributed by atoms with Crippen LogP contribution in [-0.4, -0.2) is 26.9 Å². The number of carbonyl (C=O) groups is 1. The Morgan fingerprint density at radius 3 is 1.95 bits per heavy atom. The van der Waals surface area contributed by atoms with Gasteiger partial charge in [0.05, 0.1) is 6.29 Å². The monoisotopic (exact) mass is 300 g/mol. The van der Waals surface area contributed by atoms with Crippen molar-refractivity contribution in [3.8, 4) is 0 Å². The molecule has 1 rings (SSSR count). The lowest BCUT2D eigenvalue weighted by molar-refractivity contribution is 0.263. The number of nitrogens with two attached hydrogens (primary N) is 1. The van der Waals surface area contributed by atoms with Crippen molar-refractivity contribution in [2.45, 2.75) is 33.2 Å². The van der Waals surface area contributed by atoms with Gasteiger partial charge < -0.3 is 10.7 Å². The number of nitrogens with zero attached hydrogens (tertiary/aromatic N) is 3. The number of hydrogen-bond donors (Lipinski definition) is 2. The highest BCUT2D eigenvalue weighted by molar-refractivity contribution is 7.36. The molecule has 109 valence electrons. The fourth-order valence-corrected chi connectivity index (χ4v) is 2.37. The second-order valence-corrected chi connectivity index (χ2v) is 4.67. The quantitative estimate of drug-likeness (QED) is 0.467. The molecule has 9 nitrogen and oxygen atoms in total. The lowest BCUT2D eigenvalue weighted by atomic mass is 9.98. The highest BCUT2D eigenvalue weighted by Gasteiger charge is 2.13. The van der Waals surface area contributed by atoms with Crippen molar-refractivity contribution in [3.05, 3.63) is 31.5 Å². The summed E-state index contributed by atoms with van der Waals surface area (Å²) in [4.78, 5) is 46.9. The molecular formula is C9H16BN5O4P. The van der Waals surface area contributed by atoms with E-state index >= 15 is 0 Å². The van der Waals surface area contributed by atoms with Gasteiger partial charge in [-0.15, -0.1) is 0 Å². The summed E-state index contributed by atoms with van der Waals surface area (Å²) in [5.41, 5.74) is 3.04. The molecule has 1 radical (unpaired) electrons. The molecule has 0 aliphatic heterocycles. The van der Waals surface area contributed by atoms with Crippen LogP contribution < -0.4 is 27.8 Å². The van der Waals surface area contributed by atoms with Crippen molar-refractivity contribution >= 4 is 22.0 Å². The first-order valence-electron chi connectivity index (χ1n) is 6.00. The van der Waals surface area contributed by atoms with E-state index in [0.29, 0.717) is 0 Å². The molecule has 1 amide bonds. The Morgan fingerprint density at radius 1 is 1.10 bits per heavy atom. The smallest absolute Gasteiger partial charge is 0.336 e. The Balaban J connectivity index is 3.20. The van der Waals surface area contributed by atoms with E-state index < -0.39 is 22.9 Å². The maximum Gasteiger partial charge on any atom is 0.336 e. The first kappa shape index (κ1) is 16.4. The van der Waals surface area contributed by atoms with Crippen LogP contribution in [0.3, 0.4) is 0 Å². The van der Waals surface area contributed by atoms with Gasteiger partial charge in [-0.2, -0.15) is 0 Å². The first-order chi connectivity index (χ1) is 9.47. The largest absolute Gasteiger partial charge is 0.366 e. The minimum atomic E-state index is -0.675. The van der Waals surface area contributed by atoms with Gasteiger partial charge in [-0.05, 0) is 22.6 Å². The molecule has 1 atom stereocenters. The zero-order valence-corrected chi connectivity index (χ0v) is 12.3. The second kappa shape index (κ2) is 7.21. The lowest BCUT2D eigenvalue weighted by Gasteiger charge is -2.11. The molecule has 1 aromatic rings. The lowest BCUT2D eigenvalue weighted by Crippen LogP contribution is -2.54. The fraction of sp³-hybridized carbons (Fsp3) is 0.556. The Bertz CT molecular complexity index is 622. The molecule has 1 heterocycles. The molecular weight excluding hydrogens is 284 g/mol. The normalized spacial score (nSPS) is 10.9. The van der Waals surface area contributed by atoms with Gasteiger partial charge in [0.1, 0.15) is 0 Å². The fourth-order valence-electron chi connectivity index (χ4n) is 1.61. The van der Waals surface area contributed by atoms with Gasteiger partial charge in [0.15, 0.2) is 5.81 Å². The van der Waals surface area contributed by atoms with Crippen molar-refractivity contribution in [3.63, 3.8) is 0 Å². The maximum absolute atomic E-state index is 12.0. The molecule has 0 spiro atoms. The number of rotatable bonds is 6. The second-order valence-electron chi connectivity index (χ2n) is 3.76. The van der Waals surface area contributed by atoms with Gasteiger partial charge in [0.25, 0.3) is 0 Å². The topological polar surface area (TPSA) is 121 Å². The van der Waals surface area contributed by atoms with Crippen LogP contribution in [-0.2, 0) is 19.4 Å². The van der Waals surface area contributed by atoms with E-state index in [-0.39, 0.29) is 28.1 Å². The third kappa shape index (κ3) is 3.26. The van der Waals surface area contributed by atoms with Crippen LogP contribution in [0.15, 0.2) is 14.4 Å². The Labute approximate surface area is 116 Å². The molecule has 20 heavy (non-hydrogen) atoms. The Kier molecular flexibility index (Phi) is 5.91. The van der Waals surface area contributed by atoms with Crippen LogP contribution >= 0.6 is 8.73 Å². The van der Waals surface area contributed by atoms with Crippen molar-refractivity contribution in [1.29, 1.82) is 0 Å². The number of aromatic nitrogens is 3. The van der Waals surface area contributed by atoms with Gasteiger partial charge >= 0.3 is 24.5 Å². The zero-order valence-electron chi connectivity index (χ0n) is 11.3. The van der Waals surface area contributed by atoms with E-state index in [0.717, 1.165) is 21.1 Å². The summed E-state index contributed by atoms with van der Waals surface area (Å²) in [7, 11) is 0.660. The van der Waals surface area contributed by atoms with Crippen LogP contribution in [0, 0.1) is 0 Å². The Hall–Kier alpha value is -1.67. The average molecular weight is 300 g/mol. The minimum absolute atomic E-state index is 0.00245. The molecule has 11 heteroatoms. The van der Waals surface area contributed by atoms with Gasteiger partial charge in [-0.1, -0.05) is 0 Å². The predicted octanol–water partition coefficient (Wildman–Crippen LogP) is -1.95. The van der Waals surface area contributed by atoms with E-state index in [9.17, 15) is 19.2 Å². The van der Waals surface area contributed by atoms with Crippen LogP contribution in [0.1, 0.15) is 13.8 Å². The van der Waals surface area contributed by atoms with Crippen molar-refractivity contribution in [2.75, 3.05) is 0 Å². The Morgan fingerprint density at radius 2 is 1.55 bits per heavy atom. The van der Waals surface area contributed by atoms with E-state index in [1.54, 1.807) is 13.8 Å². The molecule has 0 aliphatic carbocycles.